The maximum atomic E-state index is 2.32. The SMILES string of the molecule is C1=CC2=CCC3=C(CC=C3)C2=C1. The van der Waals surface area contributed by atoms with Crippen LogP contribution in [-0.2, 0) is 0 Å². The minimum Gasteiger partial charge on any atom is -0.0798 e. The van der Waals surface area contributed by atoms with E-state index in [0.717, 1.165) is 12.8 Å². The van der Waals surface area contributed by atoms with Crippen LogP contribution in [0.1, 0.15) is 12.8 Å². The van der Waals surface area contributed by atoms with Crippen LogP contribution in [0.5, 0.6) is 0 Å². The Kier molecular flexibility index (Phi) is 1.09. The van der Waals surface area contributed by atoms with Gasteiger partial charge in [-0.25, -0.2) is 0 Å². The van der Waals surface area contributed by atoms with Crippen LogP contribution < -0.4 is 0 Å². The molecule has 3 rings (SSSR count). The topological polar surface area (TPSA) is 0 Å². The molecule has 0 atom stereocenters. The highest BCUT2D eigenvalue weighted by Crippen LogP contribution is 2.38. The van der Waals surface area contributed by atoms with Gasteiger partial charge in [-0.15, -0.1) is 0 Å². The van der Waals surface area contributed by atoms with Gasteiger partial charge >= 0.3 is 0 Å². The summed E-state index contributed by atoms with van der Waals surface area (Å²) in [5, 5.41) is 0. The first-order chi connectivity index (χ1) is 5.95. The average molecular weight is 154 g/mol. The van der Waals surface area contributed by atoms with Crippen molar-refractivity contribution in [3.63, 3.8) is 0 Å². The Morgan fingerprint density at radius 2 is 2.08 bits per heavy atom. The second-order valence-electron chi connectivity index (χ2n) is 3.41. The molecular weight excluding hydrogens is 144 g/mol. The van der Waals surface area contributed by atoms with E-state index in [2.05, 4.69) is 36.5 Å². The van der Waals surface area contributed by atoms with E-state index in [9.17, 15) is 0 Å². The van der Waals surface area contributed by atoms with Gasteiger partial charge in [0.1, 0.15) is 0 Å². The molecule has 0 heterocycles. The van der Waals surface area contributed by atoms with Crippen LogP contribution in [0.3, 0.4) is 0 Å². The van der Waals surface area contributed by atoms with Gasteiger partial charge in [-0.3, -0.25) is 0 Å². The largest absolute Gasteiger partial charge is 0.0798 e. The van der Waals surface area contributed by atoms with Gasteiger partial charge < -0.3 is 0 Å². The van der Waals surface area contributed by atoms with Gasteiger partial charge in [-0.1, -0.05) is 36.5 Å². The Morgan fingerprint density at radius 3 is 3.08 bits per heavy atom. The molecule has 0 aromatic carbocycles. The summed E-state index contributed by atoms with van der Waals surface area (Å²) in [6.45, 7) is 0. The summed E-state index contributed by atoms with van der Waals surface area (Å²) in [6, 6.07) is 0. The Hall–Kier alpha value is -1.30. The zero-order valence-electron chi connectivity index (χ0n) is 6.88. The first-order valence-corrected chi connectivity index (χ1v) is 4.43. The maximum Gasteiger partial charge on any atom is -0.00852 e. The molecule has 0 nitrogen and oxygen atoms in total. The molecule has 0 bridgehead atoms. The highest BCUT2D eigenvalue weighted by Gasteiger charge is 2.20. The summed E-state index contributed by atoms with van der Waals surface area (Å²) in [4.78, 5) is 0. The van der Waals surface area contributed by atoms with E-state index in [-0.39, 0.29) is 0 Å². The van der Waals surface area contributed by atoms with Crippen LogP contribution in [0.15, 0.2) is 58.7 Å². The first kappa shape index (κ1) is 6.24. The zero-order valence-corrected chi connectivity index (χ0v) is 6.88. The van der Waals surface area contributed by atoms with E-state index in [1.54, 1.807) is 5.57 Å². The van der Waals surface area contributed by atoms with Crippen molar-refractivity contribution in [3.8, 4) is 0 Å². The Morgan fingerprint density at radius 1 is 1.08 bits per heavy atom. The standard InChI is InChI=1S/C12H10/c1-3-9-7-8-10-4-2-6-12(10)11(9)5-1/h1-5,7H,6,8H2. The fourth-order valence-corrected chi connectivity index (χ4v) is 2.13. The molecule has 0 aliphatic heterocycles. The van der Waals surface area contributed by atoms with E-state index in [1.165, 1.54) is 16.7 Å². The van der Waals surface area contributed by atoms with Gasteiger partial charge in [0.25, 0.3) is 0 Å². The molecule has 0 spiro atoms. The van der Waals surface area contributed by atoms with Crippen molar-refractivity contribution in [1.82, 2.24) is 0 Å². The number of hydrogen-bond donors (Lipinski definition) is 0. The number of fused-ring (bicyclic) bond motifs is 2. The van der Waals surface area contributed by atoms with Gasteiger partial charge in [0.15, 0.2) is 0 Å². The molecule has 0 fully saturated rings. The zero-order chi connectivity index (χ0) is 7.97. The van der Waals surface area contributed by atoms with Crippen molar-refractivity contribution in [2.45, 2.75) is 12.8 Å². The van der Waals surface area contributed by atoms with Crippen molar-refractivity contribution >= 4 is 0 Å². The van der Waals surface area contributed by atoms with E-state index in [0.29, 0.717) is 0 Å². The van der Waals surface area contributed by atoms with E-state index >= 15 is 0 Å². The smallest absolute Gasteiger partial charge is 0.00852 e. The second-order valence-corrected chi connectivity index (χ2v) is 3.41. The molecule has 0 amide bonds. The molecule has 0 aromatic heterocycles. The molecular formula is C12H10. The predicted molar refractivity (Wildman–Crippen MR) is 50.7 cm³/mol. The van der Waals surface area contributed by atoms with Crippen molar-refractivity contribution in [3.05, 3.63) is 58.7 Å². The quantitative estimate of drug-likeness (QED) is 0.503. The molecule has 0 saturated heterocycles. The average Bonchev–Trinajstić information content (AvgIpc) is 2.71. The molecule has 0 unspecified atom stereocenters. The van der Waals surface area contributed by atoms with Crippen LogP contribution in [0.4, 0.5) is 0 Å². The van der Waals surface area contributed by atoms with Crippen LogP contribution in [0.25, 0.3) is 0 Å². The number of rotatable bonds is 0. The van der Waals surface area contributed by atoms with Crippen molar-refractivity contribution in [1.29, 1.82) is 0 Å². The lowest BCUT2D eigenvalue weighted by molar-refractivity contribution is 1.14. The van der Waals surface area contributed by atoms with E-state index in [1.807, 2.05) is 0 Å². The Labute approximate surface area is 72.3 Å². The molecule has 12 heavy (non-hydrogen) atoms. The second kappa shape index (κ2) is 2.10. The summed E-state index contributed by atoms with van der Waals surface area (Å²) in [5.41, 5.74) is 5.96. The predicted octanol–water partition coefficient (Wildman–Crippen LogP) is 3.07. The van der Waals surface area contributed by atoms with Gasteiger partial charge in [-0.05, 0) is 35.1 Å². The minimum atomic E-state index is 1.13. The van der Waals surface area contributed by atoms with Gasteiger partial charge in [0.2, 0.25) is 0 Å². The van der Waals surface area contributed by atoms with Crippen LogP contribution in [0.2, 0.25) is 0 Å². The van der Waals surface area contributed by atoms with Crippen molar-refractivity contribution < 1.29 is 0 Å². The number of allylic oxidation sites excluding steroid dienone is 10. The third-order valence-electron chi connectivity index (χ3n) is 2.75. The minimum absolute atomic E-state index is 1.13. The molecule has 0 aromatic rings. The summed E-state index contributed by atoms with van der Waals surface area (Å²) < 4.78 is 0. The number of hydrogen-bond acceptors (Lipinski definition) is 0. The third kappa shape index (κ3) is 0.672. The molecule has 0 radical (unpaired) electrons. The lowest BCUT2D eigenvalue weighted by Gasteiger charge is -2.14. The lowest BCUT2D eigenvalue weighted by Crippen LogP contribution is -1.96. The molecule has 0 N–H and O–H groups in total. The molecule has 3 aliphatic carbocycles. The molecule has 0 saturated carbocycles. The lowest BCUT2D eigenvalue weighted by atomic mass is 9.90. The summed E-state index contributed by atoms with van der Waals surface area (Å²) in [6.07, 6.45) is 15.7. The highest BCUT2D eigenvalue weighted by molar-refractivity contribution is 5.65. The summed E-state index contributed by atoms with van der Waals surface area (Å²) in [5.74, 6) is 0. The first-order valence-electron chi connectivity index (χ1n) is 4.43. The highest BCUT2D eigenvalue weighted by atomic mass is 14.2. The van der Waals surface area contributed by atoms with Crippen LogP contribution >= 0.6 is 0 Å². The Balaban J connectivity index is 2.14. The fraction of sp³-hybridized carbons (Fsp3) is 0.167. The van der Waals surface area contributed by atoms with Gasteiger partial charge in [0, 0.05) is 0 Å². The van der Waals surface area contributed by atoms with Crippen LogP contribution in [-0.4, -0.2) is 0 Å². The Bertz CT molecular complexity index is 384. The molecule has 58 valence electrons. The summed E-state index contributed by atoms with van der Waals surface area (Å²) in [7, 11) is 0. The molecule has 0 heteroatoms. The summed E-state index contributed by atoms with van der Waals surface area (Å²) >= 11 is 0. The maximum absolute atomic E-state index is 2.32. The van der Waals surface area contributed by atoms with E-state index < -0.39 is 0 Å². The van der Waals surface area contributed by atoms with Gasteiger partial charge in [-0.2, -0.15) is 0 Å². The normalized spacial score (nSPS) is 24.0. The monoisotopic (exact) mass is 154 g/mol. The fourth-order valence-electron chi connectivity index (χ4n) is 2.13. The third-order valence-corrected chi connectivity index (χ3v) is 2.75. The molecule has 3 aliphatic rings. The van der Waals surface area contributed by atoms with Crippen LogP contribution in [0, 0.1) is 0 Å². The van der Waals surface area contributed by atoms with Crippen molar-refractivity contribution in [2.24, 2.45) is 0 Å². The van der Waals surface area contributed by atoms with E-state index in [4.69, 9.17) is 0 Å². The van der Waals surface area contributed by atoms with Crippen molar-refractivity contribution in [2.75, 3.05) is 0 Å². The van der Waals surface area contributed by atoms with Gasteiger partial charge in [0.05, 0.1) is 0 Å².